The van der Waals surface area contributed by atoms with Crippen LogP contribution in [-0.2, 0) is 17.8 Å². The van der Waals surface area contributed by atoms with Crippen LogP contribution in [0, 0.1) is 0 Å². The molecule has 1 aliphatic rings. The first-order chi connectivity index (χ1) is 12.5. The number of hydrogen-bond donors (Lipinski definition) is 2. The van der Waals surface area contributed by atoms with Crippen LogP contribution < -0.4 is 10.6 Å². The van der Waals surface area contributed by atoms with Crippen molar-refractivity contribution in [1.29, 1.82) is 0 Å². The molecular weight excluding hydrogens is 348 g/mol. The van der Waals surface area contributed by atoms with Crippen LogP contribution in [-0.4, -0.2) is 40.8 Å². The van der Waals surface area contributed by atoms with E-state index in [0.717, 1.165) is 31.7 Å². The molecule has 1 atom stereocenters. The average Bonchev–Trinajstić information content (AvgIpc) is 3.03. The summed E-state index contributed by atoms with van der Waals surface area (Å²) < 4.78 is 0. The Morgan fingerprint density at radius 3 is 2.81 bits per heavy atom. The zero-order chi connectivity index (χ0) is 18.5. The number of anilines is 1. The fraction of sp³-hybridized carbons (Fsp3) is 0.421. The Bertz CT molecular complexity index is 775. The van der Waals surface area contributed by atoms with Crippen LogP contribution in [0.4, 0.5) is 5.13 Å². The molecule has 0 unspecified atom stereocenters. The van der Waals surface area contributed by atoms with Gasteiger partial charge >= 0.3 is 0 Å². The lowest BCUT2D eigenvalue weighted by molar-refractivity contribution is -0.116. The van der Waals surface area contributed by atoms with Gasteiger partial charge in [0.05, 0.1) is 5.69 Å². The van der Waals surface area contributed by atoms with E-state index in [1.54, 1.807) is 23.5 Å². The summed E-state index contributed by atoms with van der Waals surface area (Å²) in [7, 11) is 0. The van der Waals surface area contributed by atoms with Crippen molar-refractivity contribution < 1.29 is 9.59 Å². The molecular formula is C19H24N4O2S. The predicted molar refractivity (Wildman–Crippen MR) is 103 cm³/mol. The summed E-state index contributed by atoms with van der Waals surface area (Å²) in [6.07, 6.45) is 1.14. The van der Waals surface area contributed by atoms with Crippen LogP contribution in [0.1, 0.15) is 41.2 Å². The number of thiazole rings is 1. The quantitative estimate of drug-likeness (QED) is 0.818. The van der Waals surface area contributed by atoms with Gasteiger partial charge in [-0.05, 0) is 25.6 Å². The molecule has 0 bridgehead atoms. The van der Waals surface area contributed by atoms with E-state index in [9.17, 15) is 9.59 Å². The first kappa shape index (κ1) is 18.5. The van der Waals surface area contributed by atoms with E-state index in [1.807, 2.05) is 25.1 Å². The van der Waals surface area contributed by atoms with E-state index in [4.69, 9.17) is 0 Å². The number of fused-ring (bicyclic) bond motifs is 1. The molecule has 26 heavy (non-hydrogen) atoms. The number of benzene rings is 1. The highest BCUT2D eigenvalue weighted by Crippen LogP contribution is 2.28. The minimum absolute atomic E-state index is 0.135. The summed E-state index contributed by atoms with van der Waals surface area (Å²) in [6, 6.07) is 8.74. The minimum Gasteiger partial charge on any atom is -0.349 e. The van der Waals surface area contributed by atoms with Gasteiger partial charge in [0.2, 0.25) is 5.91 Å². The maximum absolute atomic E-state index is 12.3. The number of rotatable bonds is 6. The van der Waals surface area contributed by atoms with Crippen LogP contribution in [0.25, 0.3) is 0 Å². The highest BCUT2D eigenvalue weighted by atomic mass is 32.1. The molecule has 0 fully saturated rings. The van der Waals surface area contributed by atoms with Crippen LogP contribution in [0.5, 0.6) is 0 Å². The molecule has 1 aliphatic heterocycles. The van der Waals surface area contributed by atoms with Gasteiger partial charge in [-0.3, -0.25) is 14.5 Å². The minimum atomic E-state index is -0.257. The second kappa shape index (κ2) is 8.42. The van der Waals surface area contributed by atoms with Gasteiger partial charge in [0, 0.05) is 42.4 Å². The molecule has 0 saturated carbocycles. The Morgan fingerprint density at radius 1 is 1.31 bits per heavy atom. The third-order valence-corrected chi connectivity index (χ3v) is 5.41. The third-order valence-electron chi connectivity index (χ3n) is 4.41. The monoisotopic (exact) mass is 372 g/mol. The zero-order valence-electron chi connectivity index (χ0n) is 15.1. The van der Waals surface area contributed by atoms with Gasteiger partial charge < -0.3 is 10.6 Å². The first-order valence-corrected chi connectivity index (χ1v) is 9.73. The van der Waals surface area contributed by atoms with Crippen LogP contribution in [0.15, 0.2) is 30.3 Å². The Hall–Kier alpha value is -2.25. The summed E-state index contributed by atoms with van der Waals surface area (Å²) in [5, 5.41) is 6.38. The molecule has 3 rings (SSSR count). The van der Waals surface area contributed by atoms with E-state index in [-0.39, 0.29) is 24.3 Å². The van der Waals surface area contributed by atoms with Crippen molar-refractivity contribution in [3.8, 4) is 0 Å². The lowest BCUT2D eigenvalue weighted by atomic mass is 10.1. The number of nitrogens with zero attached hydrogens (tertiary/aromatic N) is 2. The highest BCUT2D eigenvalue weighted by Gasteiger charge is 2.21. The topological polar surface area (TPSA) is 74.3 Å². The fourth-order valence-corrected chi connectivity index (χ4v) is 4.03. The smallest absolute Gasteiger partial charge is 0.251 e. The largest absolute Gasteiger partial charge is 0.349 e. The Labute approximate surface area is 157 Å². The molecule has 2 heterocycles. The summed E-state index contributed by atoms with van der Waals surface area (Å²) in [5.74, 6) is -0.306. The molecule has 2 N–H and O–H groups in total. The highest BCUT2D eigenvalue weighted by molar-refractivity contribution is 7.15. The van der Waals surface area contributed by atoms with E-state index >= 15 is 0 Å². The van der Waals surface area contributed by atoms with E-state index in [0.29, 0.717) is 10.7 Å². The summed E-state index contributed by atoms with van der Waals surface area (Å²) in [5.41, 5.74) is 1.69. The van der Waals surface area contributed by atoms with Gasteiger partial charge in [0.25, 0.3) is 5.91 Å². The lowest BCUT2D eigenvalue weighted by Crippen LogP contribution is -2.35. The van der Waals surface area contributed by atoms with Gasteiger partial charge in [-0.2, -0.15) is 0 Å². The molecule has 2 amide bonds. The summed E-state index contributed by atoms with van der Waals surface area (Å²) >= 11 is 1.55. The second-order valence-electron chi connectivity index (χ2n) is 6.50. The second-order valence-corrected chi connectivity index (χ2v) is 7.58. The predicted octanol–water partition coefficient (Wildman–Crippen LogP) is 2.67. The normalized spacial score (nSPS) is 15.2. The molecule has 0 spiro atoms. The number of nitrogens with one attached hydrogen (secondary N) is 2. The molecule has 138 valence electrons. The van der Waals surface area contributed by atoms with Crippen molar-refractivity contribution in [3.63, 3.8) is 0 Å². The molecule has 1 aromatic carbocycles. The zero-order valence-corrected chi connectivity index (χ0v) is 15.9. The standard InChI is InChI=1S/C19H24N4O2S/c1-3-23-10-9-15-16(12-23)26-19(21-15)22-17(24)11-13(2)20-18(25)14-7-5-4-6-8-14/h4-8,13H,3,9-12H2,1-2H3,(H,20,25)(H,21,22,24)/t13-/m0/s1. The molecule has 7 heteroatoms. The van der Waals surface area contributed by atoms with Gasteiger partial charge in [0.15, 0.2) is 5.13 Å². The van der Waals surface area contributed by atoms with Gasteiger partial charge in [-0.1, -0.05) is 25.1 Å². The van der Waals surface area contributed by atoms with Crippen molar-refractivity contribution in [2.75, 3.05) is 18.4 Å². The summed E-state index contributed by atoms with van der Waals surface area (Å²) in [6.45, 7) is 6.93. The Balaban J connectivity index is 1.51. The van der Waals surface area contributed by atoms with E-state index < -0.39 is 0 Å². The van der Waals surface area contributed by atoms with Crippen molar-refractivity contribution in [2.45, 2.75) is 39.3 Å². The van der Waals surface area contributed by atoms with Crippen LogP contribution >= 0.6 is 11.3 Å². The van der Waals surface area contributed by atoms with Crippen LogP contribution in [0.2, 0.25) is 0 Å². The molecule has 0 aliphatic carbocycles. The Morgan fingerprint density at radius 2 is 2.08 bits per heavy atom. The fourth-order valence-electron chi connectivity index (χ4n) is 2.97. The number of carbonyl (C=O) groups is 2. The maximum Gasteiger partial charge on any atom is 0.251 e. The molecule has 2 aromatic rings. The van der Waals surface area contributed by atoms with Crippen molar-refractivity contribution in [2.24, 2.45) is 0 Å². The van der Waals surface area contributed by atoms with Gasteiger partial charge in [-0.15, -0.1) is 11.3 Å². The van der Waals surface area contributed by atoms with Crippen molar-refractivity contribution >= 4 is 28.3 Å². The number of hydrogen-bond acceptors (Lipinski definition) is 5. The lowest BCUT2D eigenvalue weighted by Gasteiger charge is -2.23. The van der Waals surface area contributed by atoms with Crippen LogP contribution in [0.3, 0.4) is 0 Å². The maximum atomic E-state index is 12.3. The summed E-state index contributed by atoms with van der Waals surface area (Å²) in [4.78, 5) is 32.5. The number of likely N-dealkylation sites (N-methyl/N-ethyl adjacent to an activating group) is 1. The SMILES string of the molecule is CCN1CCc2nc(NC(=O)C[C@H](C)NC(=O)c3ccccc3)sc2C1. The van der Waals surface area contributed by atoms with Gasteiger partial charge in [-0.25, -0.2) is 4.98 Å². The molecule has 6 nitrogen and oxygen atoms in total. The van der Waals surface area contributed by atoms with Crippen molar-refractivity contribution in [3.05, 3.63) is 46.5 Å². The van der Waals surface area contributed by atoms with Crippen molar-refractivity contribution in [1.82, 2.24) is 15.2 Å². The van der Waals surface area contributed by atoms with E-state index in [1.165, 1.54) is 4.88 Å². The third kappa shape index (κ3) is 4.68. The molecule has 0 saturated heterocycles. The average molecular weight is 372 g/mol. The Kier molecular flexibility index (Phi) is 6.00. The van der Waals surface area contributed by atoms with E-state index in [2.05, 4.69) is 27.4 Å². The van der Waals surface area contributed by atoms with Gasteiger partial charge in [0.1, 0.15) is 0 Å². The number of aromatic nitrogens is 1. The molecule has 0 radical (unpaired) electrons. The first-order valence-electron chi connectivity index (χ1n) is 8.92. The number of amides is 2. The number of carbonyl (C=O) groups excluding carboxylic acids is 2. The molecule has 1 aromatic heterocycles.